The van der Waals surface area contributed by atoms with Gasteiger partial charge in [-0.15, -0.1) is 0 Å². The van der Waals surface area contributed by atoms with Crippen molar-refractivity contribution in [1.29, 1.82) is 0 Å². The van der Waals surface area contributed by atoms with E-state index in [1.165, 1.54) is 0 Å². The summed E-state index contributed by atoms with van der Waals surface area (Å²) < 4.78 is 13.8. The zero-order valence-corrected chi connectivity index (χ0v) is 27.2. The van der Waals surface area contributed by atoms with Gasteiger partial charge in [0.1, 0.15) is 6.04 Å². The van der Waals surface area contributed by atoms with E-state index in [9.17, 15) is 14.7 Å². The molecular weight excluding hydrogens is 653 g/mol. The Morgan fingerprint density at radius 2 is 1.71 bits per heavy atom. The van der Waals surface area contributed by atoms with Crippen molar-refractivity contribution in [2.24, 2.45) is 5.92 Å². The average molecular weight is 695 g/mol. The number of aliphatic hydroxyl groups is 1. The molecule has 2 aromatic rings. The molecule has 0 radical (unpaired) electrons. The number of carbonyl (C=O) groups excluding carboxylic acids is 2. The molecule has 8 nitrogen and oxygen atoms in total. The van der Waals surface area contributed by atoms with E-state index in [4.69, 9.17) is 9.31 Å². The highest BCUT2D eigenvalue weighted by atomic mass is 79.9. The fourth-order valence-electron chi connectivity index (χ4n) is 4.88. The molecule has 0 spiro atoms. The molecule has 0 aliphatic carbocycles. The van der Waals surface area contributed by atoms with E-state index in [0.717, 1.165) is 48.9 Å². The lowest BCUT2D eigenvalue weighted by Gasteiger charge is -2.30. The summed E-state index contributed by atoms with van der Waals surface area (Å²) in [6, 6.07) is 14.2. The van der Waals surface area contributed by atoms with Gasteiger partial charge in [0.2, 0.25) is 5.91 Å². The molecule has 2 aromatic carbocycles. The van der Waals surface area contributed by atoms with Crippen molar-refractivity contribution >= 4 is 50.8 Å². The third-order valence-corrected chi connectivity index (χ3v) is 8.08. The van der Waals surface area contributed by atoms with Crippen molar-refractivity contribution in [2.45, 2.75) is 57.9 Å². The topological polar surface area (TPSA) is 100 Å². The number of carbonyl (C=O) groups is 2. The first kappa shape index (κ1) is 33.7. The number of halogens is 2. The maximum atomic E-state index is 13.8. The molecule has 1 heterocycles. The number of rotatable bonds is 12. The molecule has 2 amide bonds. The standard InChI is InChI=1S/C30H42BBr2N3O5/c1-22(2)19-28(31-40-17-7-14-36(13-6-16-37)15-8-18-41-31)35-30(39)27(20-23-9-4-3-5-10-23)34-29(38)25-21-24(32)11-12-26(25)33/h3-5,9-12,21-22,27-28,37H,6-8,13-20H2,1-2H3,(H,34,38)(H,35,39)/t27-,28-/m0/s1. The Morgan fingerprint density at radius 3 is 2.34 bits per heavy atom. The van der Waals surface area contributed by atoms with Crippen LogP contribution in [-0.4, -0.2) is 80.4 Å². The third-order valence-electron chi connectivity index (χ3n) is 6.89. The Hall–Kier alpha value is -1.76. The van der Waals surface area contributed by atoms with Gasteiger partial charge < -0.3 is 29.9 Å². The number of nitrogens with zero attached hydrogens (tertiary/aromatic N) is 1. The van der Waals surface area contributed by atoms with Crippen LogP contribution in [0.4, 0.5) is 0 Å². The summed E-state index contributed by atoms with van der Waals surface area (Å²) in [6.07, 6.45) is 3.44. The van der Waals surface area contributed by atoms with Crippen LogP contribution in [0.5, 0.6) is 0 Å². The van der Waals surface area contributed by atoms with Crippen LogP contribution in [0.1, 0.15) is 55.5 Å². The van der Waals surface area contributed by atoms with Crippen LogP contribution in [0.2, 0.25) is 0 Å². The van der Waals surface area contributed by atoms with E-state index in [2.05, 4.69) is 61.2 Å². The minimum atomic E-state index is -0.801. The first-order chi connectivity index (χ1) is 19.8. The Bertz CT molecular complexity index is 1080. The zero-order valence-electron chi connectivity index (χ0n) is 24.0. The van der Waals surface area contributed by atoms with Gasteiger partial charge in [0.25, 0.3) is 5.91 Å². The summed E-state index contributed by atoms with van der Waals surface area (Å²) in [4.78, 5) is 29.5. The van der Waals surface area contributed by atoms with Crippen molar-refractivity contribution in [3.05, 3.63) is 68.6 Å². The van der Waals surface area contributed by atoms with Crippen LogP contribution in [0.25, 0.3) is 0 Å². The number of aliphatic hydroxyl groups excluding tert-OH is 1. The second-order valence-corrected chi connectivity index (χ2v) is 12.6. The van der Waals surface area contributed by atoms with Gasteiger partial charge in [0, 0.05) is 54.8 Å². The Labute approximate surface area is 261 Å². The summed E-state index contributed by atoms with van der Waals surface area (Å²) in [5, 5.41) is 15.3. The van der Waals surface area contributed by atoms with E-state index >= 15 is 0 Å². The lowest BCUT2D eigenvalue weighted by molar-refractivity contribution is -0.123. The highest BCUT2D eigenvalue weighted by Gasteiger charge is 2.35. The predicted octanol–water partition coefficient (Wildman–Crippen LogP) is 4.62. The average Bonchev–Trinajstić information content (AvgIpc) is 2.95. The summed E-state index contributed by atoms with van der Waals surface area (Å²) in [6.45, 7) is 8.05. The molecule has 2 atom stereocenters. The van der Waals surface area contributed by atoms with Gasteiger partial charge in [0.15, 0.2) is 0 Å². The number of benzene rings is 2. The zero-order chi connectivity index (χ0) is 29.6. The van der Waals surface area contributed by atoms with Crippen LogP contribution in [0, 0.1) is 5.92 Å². The molecule has 1 saturated heterocycles. The molecule has 0 aromatic heterocycles. The number of hydrogen-bond donors (Lipinski definition) is 3. The molecule has 0 saturated carbocycles. The second kappa shape index (κ2) is 18.0. The summed E-state index contributed by atoms with van der Waals surface area (Å²) in [5.74, 6) is -0.707. The lowest BCUT2D eigenvalue weighted by atomic mass is 9.73. The van der Waals surface area contributed by atoms with Gasteiger partial charge in [-0.25, -0.2) is 0 Å². The molecule has 1 aliphatic rings. The van der Waals surface area contributed by atoms with E-state index < -0.39 is 13.2 Å². The van der Waals surface area contributed by atoms with Crippen molar-refractivity contribution < 1.29 is 24.0 Å². The molecule has 41 heavy (non-hydrogen) atoms. The van der Waals surface area contributed by atoms with Crippen molar-refractivity contribution in [3.63, 3.8) is 0 Å². The van der Waals surface area contributed by atoms with Crippen molar-refractivity contribution in [2.75, 3.05) is 39.5 Å². The van der Waals surface area contributed by atoms with Crippen LogP contribution in [0.15, 0.2) is 57.5 Å². The second-order valence-electron chi connectivity index (χ2n) is 10.8. The van der Waals surface area contributed by atoms with Gasteiger partial charge in [-0.2, -0.15) is 0 Å². The van der Waals surface area contributed by atoms with E-state index in [-0.39, 0.29) is 30.3 Å². The van der Waals surface area contributed by atoms with E-state index in [1.54, 1.807) is 12.1 Å². The summed E-state index contributed by atoms with van der Waals surface area (Å²) in [7, 11) is -0.586. The van der Waals surface area contributed by atoms with Gasteiger partial charge >= 0.3 is 7.12 Å². The van der Waals surface area contributed by atoms with Crippen LogP contribution in [0.3, 0.4) is 0 Å². The van der Waals surface area contributed by atoms with Gasteiger partial charge in [-0.3, -0.25) is 9.59 Å². The minimum absolute atomic E-state index is 0.189. The lowest BCUT2D eigenvalue weighted by Crippen LogP contribution is -2.56. The van der Waals surface area contributed by atoms with Crippen LogP contribution < -0.4 is 10.6 Å². The number of nitrogens with one attached hydrogen (secondary N) is 2. The quantitative estimate of drug-likeness (QED) is 0.281. The van der Waals surface area contributed by atoms with Gasteiger partial charge in [-0.1, -0.05) is 60.1 Å². The van der Waals surface area contributed by atoms with Gasteiger partial charge in [0.05, 0.1) is 11.5 Å². The molecule has 1 fully saturated rings. The smallest absolute Gasteiger partial charge is 0.410 e. The Kier molecular flexibility index (Phi) is 14.8. The summed E-state index contributed by atoms with van der Waals surface area (Å²) >= 11 is 6.89. The SMILES string of the molecule is CC(C)C[C@H](NC(=O)[C@H](Cc1ccccc1)NC(=O)c1cc(Br)ccc1Br)B1OCCCN(CCCO)CCCO1. The highest BCUT2D eigenvalue weighted by Crippen LogP contribution is 2.22. The predicted molar refractivity (Wildman–Crippen MR) is 170 cm³/mol. The molecular formula is C30H42BBr2N3O5. The third kappa shape index (κ3) is 11.8. The largest absolute Gasteiger partial charge is 0.480 e. The first-order valence-corrected chi connectivity index (χ1v) is 16.0. The molecule has 11 heteroatoms. The van der Waals surface area contributed by atoms with E-state index in [0.29, 0.717) is 36.1 Å². The molecule has 0 bridgehead atoms. The number of amides is 2. The number of hydrogen-bond acceptors (Lipinski definition) is 6. The maximum absolute atomic E-state index is 13.8. The molecule has 0 unspecified atom stereocenters. The van der Waals surface area contributed by atoms with Crippen molar-refractivity contribution in [1.82, 2.24) is 15.5 Å². The summed E-state index contributed by atoms with van der Waals surface area (Å²) in [5.41, 5.74) is 1.38. The minimum Gasteiger partial charge on any atom is -0.410 e. The Morgan fingerprint density at radius 1 is 1.02 bits per heavy atom. The maximum Gasteiger partial charge on any atom is 0.480 e. The fraction of sp³-hybridized carbons (Fsp3) is 0.533. The molecule has 3 N–H and O–H groups in total. The fourth-order valence-corrected chi connectivity index (χ4v) is 5.67. The van der Waals surface area contributed by atoms with Crippen LogP contribution in [-0.2, 0) is 20.5 Å². The normalized spacial score (nSPS) is 16.7. The van der Waals surface area contributed by atoms with Gasteiger partial charge in [-0.05, 0) is 71.3 Å². The Balaban J connectivity index is 1.75. The highest BCUT2D eigenvalue weighted by molar-refractivity contribution is 9.11. The first-order valence-electron chi connectivity index (χ1n) is 14.4. The monoisotopic (exact) mass is 693 g/mol. The molecule has 1 aliphatic heterocycles. The molecule has 224 valence electrons. The molecule has 3 rings (SSSR count). The van der Waals surface area contributed by atoms with Crippen molar-refractivity contribution in [3.8, 4) is 0 Å². The van der Waals surface area contributed by atoms with E-state index in [1.807, 2.05) is 36.4 Å². The van der Waals surface area contributed by atoms with Crippen LogP contribution >= 0.6 is 31.9 Å².